The van der Waals surface area contributed by atoms with Gasteiger partial charge in [-0.1, -0.05) is 12.1 Å². The lowest BCUT2D eigenvalue weighted by atomic mass is 10.1. The van der Waals surface area contributed by atoms with Crippen LogP contribution in [-0.4, -0.2) is 43.2 Å². The number of amides is 1. The van der Waals surface area contributed by atoms with Crippen LogP contribution in [0.3, 0.4) is 0 Å². The number of hydrogen-bond acceptors (Lipinski definition) is 5. The lowest BCUT2D eigenvalue weighted by Crippen LogP contribution is -2.45. The Hall–Kier alpha value is -1.76. The molecule has 2 aromatic rings. The van der Waals surface area contributed by atoms with E-state index in [2.05, 4.69) is 15.6 Å². The van der Waals surface area contributed by atoms with Crippen molar-refractivity contribution in [1.29, 1.82) is 0 Å². The van der Waals surface area contributed by atoms with Gasteiger partial charge in [0.1, 0.15) is 0 Å². The maximum Gasteiger partial charge on any atom is 0.251 e. The summed E-state index contributed by atoms with van der Waals surface area (Å²) in [4.78, 5) is 16.6. The summed E-state index contributed by atoms with van der Waals surface area (Å²) in [5.41, 5.74) is 2.64. The first-order chi connectivity index (χ1) is 10.7. The molecular formula is C16H19N3O2S. The Morgan fingerprint density at radius 2 is 2.27 bits per heavy atom. The number of carbonyl (C=O) groups is 1. The predicted octanol–water partition coefficient (Wildman–Crippen LogP) is 1.84. The fourth-order valence-electron chi connectivity index (χ4n) is 2.35. The van der Waals surface area contributed by atoms with Crippen LogP contribution in [0, 0.1) is 6.92 Å². The average Bonchev–Trinajstić information content (AvgIpc) is 3.00. The molecule has 6 heteroatoms. The molecule has 1 aromatic carbocycles. The molecule has 1 saturated heterocycles. The number of thiazole rings is 1. The molecule has 0 saturated carbocycles. The number of nitrogens with zero attached hydrogens (tertiary/aromatic N) is 1. The minimum absolute atomic E-state index is 0.0509. The molecule has 116 valence electrons. The topological polar surface area (TPSA) is 63.2 Å². The zero-order valence-corrected chi connectivity index (χ0v) is 13.3. The summed E-state index contributed by atoms with van der Waals surface area (Å²) in [5.74, 6) is -0.0739. The fourth-order valence-corrected chi connectivity index (χ4v) is 2.97. The molecule has 2 N–H and O–H groups in total. The van der Waals surface area contributed by atoms with E-state index in [1.165, 1.54) is 0 Å². The maximum absolute atomic E-state index is 12.1. The minimum atomic E-state index is -0.0739. The zero-order valence-electron chi connectivity index (χ0n) is 12.5. The molecule has 1 aliphatic rings. The van der Waals surface area contributed by atoms with E-state index in [1.54, 1.807) is 11.3 Å². The predicted molar refractivity (Wildman–Crippen MR) is 87.2 cm³/mol. The van der Waals surface area contributed by atoms with Crippen LogP contribution in [0.5, 0.6) is 0 Å². The van der Waals surface area contributed by atoms with Gasteiger partial charge in [-0.15, -0.1) is 11.3 Å². The van der Waals surface area contributed by atoms with Crippen LogP contribution in [0.1, 0.15) is 15.4 Å². The minimum Gasteiger partial charge on any atom is -0.374 e. The molecule has 22 heavy (non-hydrogen) atoms. The molecule has 1 aromatic heterocycles. The molecule has 3 rings (SSSR count). The zero-order chi connectivity index (χ0) is 15.4. The first-order valence-electron chi connectivity index (χ1n) is 7.35. The van der Waals surface area contributed by atoms with Crippen molar-refractivity contribution in [3.05, 3.63) is 40.2 Å². The van der Waals surface area contributed by atoms with Gasteiger partial charge in [-0.2, -0.15) is 0 Å². The number of morpholine rings is 1. The molecule has 0 radical (unpaired) electrons. The standard InChI is InChI=1S/C16H19N3O2S/c1-11-19-15(10-22-11)12-2-4-13(5-3-12)16(20)18-9-14-8-17-6-7-21-14/h2-5,10,14,17H,6-9H2,1H3,(H,18,20). The van der Waals surface area contributed by atoms with Crippen molar-refractivity contribution >= 4 is 17.2 Å². The summed E-state index contributed by atoms with van der Waals surface area (Å²) in [6.45, 7) is 4.86. The first-order valence-corrected chi connectivity index (χ1v) is 8.23. The van der Waals surface area contributed by atoms with Gasteiger partial charge in [0.05, 0.1) is 23.4 Å². The summed E-state index contributed by atoms with van der Waals surface area (Å²) >= 11 is 1.62. The van der Waals surface area contributed by atoms with Crippen molar-refractivity contribution in [3.63, 3.8) is 0 Å². The van der Waals surface area contributed by atoms with Crippen molar-refractivity contribution in [2.45, 2.75) is 13.0 Å². The van der Waals surface area contributed by atoms with Gasteiger partial charge in [-0.25, -0.2) is 4.98 Å². The third-order valence-electron chi connectivity index (χ3n) is 3.56. The second-order valence-electron chi connectivity index (χ2n) is 5.24. The number of ether oxygens (including phenoxy) is 1. The Kier molecular flexibility index (Phi) is 4.82. The SMILES string of the molecule is Cc1nc(-c2ccc(C(=O)NCC3CNCCO3)cc2)cs1. The second kappa shape index (κ2) is 7.00. The van der Waals surface area contributed by atoms with Crippen LogP contribution in [0.2, 0.25) is 0 Å². The number of hydrogen-bond donors (Lipinski definition) is 2. The number of benzene rings is 1. The maximum atomic E-state index is 12.1. The Balaban J connectivity index is 1.58. The smallest absolute Gasteiger partial charge is 0.251 e. The Morgan fingerprint density at radius 1 is 1.45 bits per heavy atom. The number of carbonyl (C=O) groups excluding carboxylic acids is 1. The quantitative estimate of drug-likeness (QED) is 0.903. The number of nitrogens with one attached hydrogen (secondary N) is 2. The van der Waals surface area contributed by atoms with E-state index in [-0.39, 0.29) is 12.0 Å². The van der Waals surface area contributed by atoms with Crippen LogP contribution in [0.4, 0.5) is 0 Å². The molecule has 0 bridgehead atoms. The molecule has 2 heterocycles. The van der Waals surface area contributed by atoms with E-state index >= 15 is 0 Å². The molecule has 0 aliphatic carbocycles. The van der Waals surface area contributed by atoms with E-state index in [0.717, 1.165) is 29.4 Å². The summed E-state index contributed by atoms with van der Waals surface area (Å²) in [5, 5.41) is 9.22. The summed E-state index contributed by atoms with van der Waals surface area (Å²) < 4.78 is 5.56. The third-order valence-corrected chi connectivity index (χ3v) is 4.33. The van der Waals surface area contributed by atoms with Crippen LogP contribution >= 0.6 is 11.3 Å². The van der Waals surface area contributed by atoms with Crippen LogP contribution in [-0.2, 0) is 4.74 Å². The van der Waals surface area contributed by atoms with Gasteiger partial charge in [-0.05, 0) is 19.1 Å². The fraction of sp³-hybridized carbons (Fsp3) is 0.375. The van der Waals surface area contributed by atoms with Gasteiger partial charge < -0.3 is 15.4 Å². The molecular weight excluding hydrogens is 298 g/mol. The van der Waals surface area contributed by atoms with Crippen LogP contribution < -0.4 is 10.6 Å². The highest BCUT2D eigenvalue weighted by molar-refractivity contribution is 7.09. The first kappa shape index (κ1) is 15.1. The normalized spacial score (nSPS) is 18.1. The van der Waals surface area contributed by atoms with Crippen molar-refractivity contribution < 1.29 is 9.53 Å². The van der Waals surface area contributed by atoms with Crippen LogP contribution in [0.15, 0.2) is 29.6 Å². The monoisotopic (exact) mass is 317 g/mol. The molecule has 1 fully saturated rings. The summed E-state index contributed by atoms with van der Waals surface area (Å²) in [6, 6.07) is 7.53. The Morgan fingerprint density at radius 3 is 2.91 bits per heavy atom. The molecule has 5 nitrogen and oxygen atoms in total. The second-order valence-corrected chi connectivity index (χ2v) is 6.30. The van der Waals surface area contributed by atoms with Crippen molar-refractivity contribution in [2.24, 2.45) is 0 Å². The number of aryl methyl sites for hydroxylation is 1. The van der Waals surface area contributed by atoms with Gasteiger partial charge in [0.2, 0.25) is 0 Å². The lowest BCUT2D eigenvalue weighted by molar-refractivity contribution is 0.0287. The van der Waals surface area contributed by atoms with E-state index in [0.29, 0.717) is 18.7 Å². The third kappa shape index (κ3) is 3.71. The summed E-state index contributed by atoms with van der Waals surface area (Å²) in [6.07, 6.45) is 0.0509. The van der Waals surface area contributed by atoms with E-state index in [4.69, 9.17) is 4.74 Å². The van der Waals surface area contributed by atoms with Gasteiger partial charge in [0, 0.05) is 36.1 Å². The summed E-state index contributed by atoms with van der Waals surface area (Å²) in [7, 11) is 0. The lowest BCUT2D eigenvalue weighted by Gasteiger charge is -2.23. The number of rotatable bonds is 4. The largest absolute Gasteiger partial charge is 0.374 e. The van der Waals surface area contributed by atoms with Crippen LogP contribution in [0.25, 0.3) is 11.3 Å². The van der Waals surface area contributed by atoms with E-state index < -0.39 is 0 Å². The Labute approximate surface area is 133 Å². The average molecular weight is 317 g/mol. The molecule has 1 aliphatic heterocycles. The van der Waals surface area contributed by atoms with Gasteiger partial charge >= 0.3 is 0 Å². The Bertz CT molecular complexity index is 633. The molecule has 0 spiro atoms. The van der Waals surface area contributed by atoms with E-state index in [9.17, 15) is 4.79 Å². The molecule has 1 atom stereocenters. The van der Waals surface area contributed by atoms with Gasteiger partial charge in [-0.3, -0.25) is 4.79 Å². The highest BCUT2D eigenvalue weighted by atomic mass is 32.1. The number of aromatic nitrogens is 1. The molecule has 1 unspecified atom stereocenters. The highest BCUT2D eigenvalue weighted by Crippen LogP contribution is 2.21. The highest BCUT2D eigenvalue weighted by Gasteiger charge is 2.15. The van der Waals surface area contributed by atoms with Gasteiger partial charge in [0.25, 0.3) is 5.91 Å². The van der Waals surface area contributed by atoms with Gasteiger partial charge in [0.15, 0.2) is 0 Å². The van der Waals surface area contributed by atoms with Crippen molar-refractivity contribution in [3.8, 4) is 11.3 Å². The van der Waals surface area contributed by atoms with Crippen molar-refractivity contribution in [1.82, 2.24) is 15.6 Å². The molecule has 1 amide bonds. The van der Waals surface area contributed by atoms with Crippen molar-refractivity contribution in [2.75, 3.05) is 26.2 Å². The van der Waals surface area contributed by atoms with E-state index in [1.807, 2.05) is 36.6 Å².